The fourth-order valence-corrected chi connectivity index (χ4v) is 13.1. The van der Waals surface area contributed by atoms with E-state index in [1.807, 2.05) is 32.0 Å². The molecule has 2 aromatic rings. The Kier molecular flexibility index (Phi) is 15.1. The predicted octanol–water partition coefficient (Wildman–Crippen LogP) is 7.63. The first-order valence-electron chi connectivity index (χ1n) is 23.5. The molecule has 1 aromatic heterocycles. The van der Waals surface area contributed by atoms with Crippen molar-refractivity contribution in [1.29, 1.82) is 0 Å². The average Bonchev–Trinajstić information content (AvgIpc) is 3.99. The normalized spacial score (nSPS) is 39.6. The van der Waals surface area contributed by atoms with Crippen molar-refractivity contribution in [2.75, 3.05) is 40.7 Å². The summed E-state index contributed by atoms with van der Waals surface area (Å²) in [6, 6.07) is 10.6. The maximum atomic E-state index is 15.2. The summed E-state index contributed by atoms with van der Waals surface area (Å²) in [5.74, 6) is -0.955. The van der Waals surface area contributed by atoms with Gasteiger partial charge in [-0.05, 0) is 102 Å². The molecule has 0 bridgehead atoms. The lowest BCUT2D eigenvalue weighted by molar-refractivity contribution is -0.314. The van der Waals surface area contributed by atoms with E-state index in [2.05, 4.69) is 56.4 Å². The van der Waals surface area contributed by atoms with Crippen molar-refractivity contribution >= 4 is 28.2 Å². The van der Waals surface area contributed by atoms with E-state index < -0.39 is 18.3 Å². The van der Waals surface area contributed by atoms with Gasteiger partial charge in [0.15, 0.2) is 23.5 Å². The molecule has 1 saturated carbocycles. The number of rotatable bonds is 12. The second-order valence-corrected chi connectivity index (χ2v) is 20.1. The molecular formula is C49H71N3O10S. The molecule has 3 aliphatic heterocycles. The van der Waals surface area contributed by atoms with Gasteiger partial charge in [0.25, 0.3) is 0 Å². The Labute approximate surface area is 378 Å². The van der Waals surface area contributed by atoms with E-state index in [9.17, 15) is 4.79 Å². The summed E-state index contributed by atoms with van der Waals surface area (Å²) in [5.41, 5.74) is 2.86. The first kappa shape index (κ1) is 46.7. The monoisotopic (exact) mass is 893 g/mol. The first-order valence-corrected chi connectivity index (χ1v) is 24.3. The smallest absolute Gasteiger partial charge is 0.306 e. The summed E-state index contributed by atoms with van der Waals surface area (Å²) in [6.45, 7) is 8.81. The minimum absolute atomic E-state index is 0.00798. The number of carbonyl (C=O) groups is 2. The number of esters is 1. The topological polar surface area (TPSA) is 136 Å². The molecule has 3 saturated heterocycles. The van der Waals surface area contributed by atoms with E-state index in [-0.39, 0.29) is 96.8 Å². The van der Waals surface area contributed by atoms with Gasteiger partial charge in [0, 0.05) is 62.5 Å². The Balaban J connectivity index is 1.12. The number of likely N-dealkylation sites (N-methyl/N-ethyl adjacent to an activating group) is 1. The zero-order chi connectivity index (χ0) is 44.5. The highest BCUT2D eigenvalue weighted by Crippen LogP contribution is 2.63. The maximum Gasteiger partial charge on any atom is 0.306 e. The highest BCUT2D eigenvalue weighted by atomic mass is 32.1. The third-order valence-electron chi connectivity index (χ3n) is 15.2. The van der Waals surface area contributed by atoms with Crippen LogP contribution in [-0.4, -0.2) is 125 Å². The van der Waals surface area contributed by atoms with E-state index >= 15 is 4.79 Å². The fourth-order valence-electron chi connectivity index (χ4n) is 11.9. The van der Waals surface area contributed by atoms with Gasteiger partial charge >= 0.3 is 5.97 Å². The number of carbonyl (C=O) groups excluding carboxylic acids is 2. The van der Waals surface area contributed by atoms with E-state index in [1.54, 1.807) is 32.7 Å². The van der Waals surface area contributed by atoms with E-state index in [1.165, 1.54) is 4.88 Å². The molecule has 63 heavy (non-hydrogen) atoms. The van der Waals surface area contributed by atoms with Crippen LogP contribution in [0.2, 0.25) is 0 Å². The molecule has 0 radical (unpaired) electrons. The largest absolute Gasteiger partial charge is 0.462 e. The highest BCUT2D eigenvalue weighted by Gasteiger charge is 2.57. The second kappa shape index (κ2) is 20.4. The molecule has 13 nitrogen and oxygen atoms in total. The third-order valence-corrected chi connectivity index (χ3v) is 16.3. The first-order chi connectivity index (χ1) is 30.4. The van der Waals surface area contributed by atoms with Gasteiger partial charge in [0.05, 0.1) is 36.5 Å². The highest BCUT2D eigenvalue weighted by molar-refractivity contribution is 7.15. The van der Waals surface area contributed by atoms with Crippen LogP contribution in [0.4, 0.5) is 5.13 Å². The van der Waals surface area contributed by atoms with Crippen LogP contribution in [0, 0.1) is 23.7 Å². The summed E-state index contributed by atoms with van der Waals surface area (Å²) in [6.07, 6.45) is 5.30. The molecule has 5 unspecified atom stereocenters. The molecule has 14 heteroatoms. The summed E-state index contributed by atoms with van der Waals surface area (Å²) in [5, 5.41) is 4.46. The lowest BCUT2D eigenvalue weighted by atomic mass is 9.67. The van der Waals surface area contributed by atoms with Crippen LogP contribution in [0.1, 0.15) is 113 Å². The van der Waals surface area contributed by atoms with E-state index in [4.69, 9.17) is 42.9 Å². The van der Waals surface area contributed by atoms with Crippen molar-refractivity contribution in [3.05, 3.63) is 58.1 Å². The van der Waals surface area contributed by atoms with Gasteiger partial charge in [-0.2, -0.15) is 0 Å². The number of nitrogens with zero attached hydrogens (tertiary/aromatic N) is 2. The molecular weight excluding hydrogens is 823 g/mol. The molecule has 4 heterocycles. The van der Waals surface area contributed by atoms with Crippen molar-refractivity contribution in [3.63, 3.8) is 0 Å². The van der Waals surface area contributed by atoms with Gasteiger partial charge in [0.2, 0.25) is 0 Å². The van der Waals surface area contributed by atoms with Crippen LogP contribution in [0.15, 0.2) is 42.0 Å². The van der Waals surface area contributed by atoms with Crippen molar-refractivity contribution in [3.8, 4) is 0 Å². The number of hydrogen-bond donors (Lipinski definition) is 1. The van der Waals surface area contributed by atoms with Crippen LogP contribution < -0.4 is 5.32 Å². The molecule has 1 aromatic carbocycles. The number of Topliss-reactive ketones (excluding diaryl/α,β-unsaturated/α-hetero) is 1. The Morgan fingerprint density at radius 2 is 1.63 bits per heavy atom. The molecule has 0 spiro atoms. The van der Waals surface area contributed by atoms with Crippen LogP contribution in [0.25, 0.3) is 0 Å². The van der Waals surface area contributed by atoms with E-state index in [0.29, 0.717) is 24.6 Å². The number of benzene rings is 1. The number of hydrogen-bond acceptors (Lipinski definition) is 14. The SMILES string of the molecule is CC[C@H]1CCC[C@H](O[C@H]2CC[C@H](N(C)C)C(C)O2)[C@@H](C)C(=O)C2=C[C@@H]3C(c4nc(NCc5ccccc5)sc4C4C[C@@H](O[C@@H]5OC(C)[C@H](OC)C(OC)[C@@H]5OC)C[C@H]43)[C@@H]2CC(=O)O1. The molecule has 1 N–H and O–H groups in total. The summed E-state index contributed by atoms with van der Waals surface area (Å²) in [7, 11) is 9.17. The maximum absolute atomic E-state index is 15.2. The zero-order valence-electron chi connectivity index (χ0n) is 38.7. The summed E-state index contributed by atoms with van der Waals surface area (Å²) >= 11 is 1.70. The van der Waals surface area contributed by atoms with Crippen molar-refractivity contribution in [2.45, 2.75) is 171 Å². The number of allylic oxidation sites excluding steroid dienone is 2. The summed E-state index contributed by atoms with van der Waals surface area (Å²) in [4.78, 5) is 38.1. The van der Waals surface area contributed by atoms with Gasteiger partial charge in [-0.1, -0.05) is 50.3 Å². The number of aromatic nitrogens is 1. The van der Waals surface area contributed by atoms with Crippen molar-refractivity contribution < 1.29 is 47.5 Å². The van der Waals surface area contributed by atoms with Gasteiger partial charge in [0.1, 0.15) is 24.4 Å². The van der Waals surface area contributed by atoms with Crippen LogP contribution in [0.5, 0.6) is 0 Å². The van der Waals surface area contributed by atoms with Gasteiger partial charge in [-0.15, -0.1) is 11.3 Å². The minimum Gasteiger partial charge on any atom is -0.462 e. The van der Waals surface area contributed by atoms with Crippen molar-refractivity contribution in [2.24, 2.45) is 23.7 Å². The predicted molar refractivity (Wildman–Crippen MR) is 239 cm³/mol. The Bertz CT molecular complexity index is 1890. The quantitative estimate of drug-likeness (QED) is 0.210. The number of fused-ring (bicyclic) bond motifs is 8. The van der Waals surface area contributed by atoms with Gasteiger partial charge in [-0.3, -0.25) is 9.59 Å². The second-order valence-electron chi connectivity index (χ2n) is 19.1. The average molecular weight is 894 g/mol. The molecule has 0 amide bonds. The number of cyclic esters (lactones) is 1. The number of methoxy groups -OCH3 is 3. The molecule has 4 fully saturated rings. The number of ether oxygens (including phenoxy) is 8. The summed E-state index contributed by atoms with van der Waals surface area (Å²) < 4.78 is 50.6. The number of thiazole rings is 1. The number of nitrogens with one attached hydrogen (secondary N) is 1. The minimum atomic E-state index is -0.659. The number of ketones is 1. The van der Waals surface area contributed by atoms with Gasteiger partial charge < -0.3 is 48.1 Å². The van der Waals surface area contributed by atoms with Crippen LogP contribution in [-0.2, 0) is 54.0 Å². The van der Waals surface area contributed by atoms with Crippen LogP contribution >= 0.6 is 11.3 Å². The molecule has 6 aliphatic rings. The molecule has 17 atom stereocenters. The standard InChI is InChI=1S/C49H71N3O10S/c1-10-30-17-14-18-38(62-40-20-19-37(52(5)6)27(3)58-40)26(2)43(54)35-23-33-32-21-31(61-48-46(57-9)45(56-8)44(55-7)28(4)59-48)22-36(32)47-42(41(33)34(35)24-39(53)60-30)51-49(63-47)50-25-29-15-12-11-13-16-29/h11-13,15-16,23,26-28,30-34,36-38,40-41,44-46,48H,10,14,17-22,24-25H2,1-9H3,(H,50,51)/t26-,27?,28?,30+,31+,32+,33+,34-,36?,37+,38+,40+,41?,44+,45?,46+,48+/m1/s1. The third kappa shape index (κ3) is 9.72. The Hall–Kier alpha value is -2.79. The van der Waals surface area contributed by atoms with Crippen LogP contribution in [0.3, 0.4) is 0 Å². The fraction of sp³-hybridized carbons (Fsp3) is 0.735. The Morgan fingerprint density at radius 3 is 2.33 bits per heavy atom. The van der Waals surface area contributed by atoms with E-state index in [0.717, 1.165) is 61.3 Å². The number of anilines is 1. The lowest BCUT2D eigenvalue weighted by Gasteiger charge is -2.44. The lowest BCUT2D eigenvalue weighted by Crippen LogP contribution is -2.59. The molecule has 8 rings (SSSR count). The molecule has 3 aliphatic carbocycles. The molecule has 348 valence electrons. The van der Waals surface area contributed by atoms with Gasteiger partial charge in [-0.25, -0.2) is 4.98 Å². The van der Waals surface area contributed by atoms with Crippen molar-refractivity contribution in [1.82, 2.24) is 9.88 Å². The zero-order valence-corrected chi connectivity index (χ0v) is 39.6. The Morgan fingerprint density at radius 1 is 0.873 bits per heavy atom.